The number of rotatable bonds is 4. The number of hydrogen-bond acceptors (Lipinski definition) is 2. The summed E-state index contributed by atoms with van der Waals surface area (Å²) in [7, 11) is 0. The Labute approximate surface area is 118 Å². The van der Waals surface area contributed by atoms with E-state index < -0.39 is 0 Å². The monoisotopic (exact) mass is 268 g/mol. The van der Waals surface area contributed by atoms with Crippen molar-refractivity contribution in [2.24, 2.45) is 0 Å². The molecule has 0 radical (unpaired) electrons. The van der Waals surface area contributed by atoms with Gasteiger partial charge in [-0.1, -0.05) is 85.1 Å². The molecule has 0 aliphatic rings. The van der Waals surface area contributed by atoms with E-state index in [1.54, 1.807) is 10.7 Å². The van der Waals surface area contributed by atoms with Gasteiger partial charge < -0.3 is 0 Å². The summed E-state index contributed by atoms with van der Waals surface area (Å²) < 4.78 is 0. The van der Waals surface area contributed by atoms with E-state index in [0.29, 0.717) is 0 Å². The zero-order valence-corrected chi connectivity index (χ0v) is 11.4. The normalized spacial score (nSPS) is 11.6. The molecule has 0 nitrogen and oxygen atoms in total. The van der Waals surface area contributed by atoms with Crippen LogP contribution in [-0.2, 0) is 0 Å². The first kappa shape index (κ1) is 12.8. The van der Waals surface area contributed by atoms with Crippen LogP contribution in [0.15, 0.2) is 60.7 Å². The highest BCUT2D eigenvalue weighted by atomic mass is 32.1. The van der Waals surface area contributed by atoms with Crippen molar-refractivity contribution in [2.45, 2.75) is 0 Å². The Kier molecular flexibility index (Phi) is 4.51. The molecular formula is C16H12S2. The fourth-order valence-corrected chi connectivity index (χ4v) is 2.34. The molecule has 0 bridgehead atoms. The van der Waals surface area contributed by atoms with Gasteiger partial charge in [0.2, 0.25) is 0 Å². The molecule has 2 heteroatoms. The summed E-state index contributed by atoms with van der Waals surface area (Å²) in [5, 5.41) is 3.39. The van der Waals surface area contributed by atoms with Crippen LogP contribution in [0.4, 0.5) is 0 Å². The highest BCUT2D eigenvalue weighted by Gasteiger charge is 2.06. The minimum absolute atomic E-state index is 0.992. The van der Waals surface area contributed by atoms with E-state index in [4.69, 9.17) is 24.4 Å². The average molecular weight is 268 g/mol. The van der Waals surface area contributed by atoms with E-state index in [1.807, 2.05) is 60.7 Å². The topological polar surface area (TPSA) is 0 Å². The lowest BCUT2D eigenvalue weighted by Crippen LogP contribution is -1.93. The maximum Gasteiger partial charge on any atom is 0.00986 e. The van der Waals surface area contributed by atoms with Gasteiger partial charge in [0.15, 0.2) is 0 Å². The number of thiocarbonyl (C=S) groups is 2. The first-order valence-electron chi connectivity index (χ1n) is 5.62. The zero-order chi connectivity index (χ0) is 12.8. The zero-order valence-electron chi connectivity index (χ0n) is 9.74. The summed E-state index contributed by atoms with van der Waals surface area (Å²) in [5.41, 5.74) is 4.17. The number of allylic oxidation sites excluding steroid dienone is 2. The van der Waals surface area contributed by atoms with Crippen LogP contribution in [0.1, 0.15) is 11.1 Å². The minimum atomic E-state index is 0.992. The lowest BCUT2D eigenvalue weighted by atomic mass is 9.97. The standard InChI is InChI=1S/C16H12S2/c17-11-15(13-7-3-1-4-8-13)16(12-18)14-9-5-2-6-10-14/h1-12H/b16-15-. The van der Waals surface area contributed by atoms with Gasteiger partial charge in [0.25, 0.3) is 0 Å². The second kappa shape index (κ2) is 6.34. The first-order chi connectivity index (χ1) is 8.86. The second-order valence-electron chi connectivity index (χ2n) is 3.80. The van der Waals surface area contributed by atoms with Gasteiger partial charge in [-0.15, -0.1) is 0 Å². The van der Waals surface area contributed by atoms with Crippen molar-refractivity contribution in [2.75, 3.05) is 0 Å². The molecule has 18 heavy (non-hydrogen) atoms. The molecule has 0 unspecified atom stereocenters. The van der Waals surface area contributed by atoms with E-state index >= 15 is 0 Å². The summed E-state index contributed by atoms with van der Waals surface area (Å²) in [6, 6.07) is 20.1. The van der Waals surface area contributed by atoms with Crippen molar-refractivity contribution in [3.8, 4) is 0 Å². The van der Waals surface area contributed by atoms with E-state index in [9.17, 15) is 0 Å². The average Bonchev–Trinajstić information content (AvgIpc) is 2.46. The lowest BCUT2D eigenvalue weighted by molar-refractivity contribution is 1.62. The fraction of sp³-hybridized carbons (Fsp3) is 0. The van der Waals surface area contributed by atoms with Crippen LogP contribution in [-0.4, -0.2) is 10.7 Å². The van der Waals surface area contributed by atoms with Gasteiger partial charge in [0.1, 0.15) is 0 Å². The van der Waals surface area contributed by atoms with Crippen LogP contribution in [0.2, 0.25) is 0 Å². The Morgan fingerprint density at radius 2 is 0.944 bits per heavy atom. The maximum absolute atomic E-state index is 5.15. The van der Waals surface area contributed by atoms with E-state index in [-0.39, 0.29) is 0 Å². The third kappa shape index (κ3) is 2.78. The maximum atomic E-state index is 5.15. The molecule has 0 aromatic heterocycles. The molecule has 88 valence electrons. The molecule has 0 saturated carbocycles. The molecule has 0 aliphatic heterocycles. The van der Waals surface area contributed by atoms with Crippen LogP contribution in [0, 0.1) is 0 Å². The third-order valence-electron chi connectivity index (χ3n) is 2.70. The van der Waals surface area contributed by atoms with E-state index in [2.05, 4.69) is 0 Å². The molecule has 0 heterocycles. The van der Waals surface area contributed by atoms with Crippen molar-refractivity contribution in [3.63, 3.8) is 0 Å². The number of benzene rings is 2. The first-order valence-corrected chi connectivity index (χ1v) is 6.56. The molecule has 2 aromatic carbocycles. The summed E-state index contributed by atoms with van der Waals surface area (Å²) in [4.78, 5) is 0. The van der Waals surface area contributed by atoms with Gasteiger partial charge in [-0.2, -0.15) is 0 Å². The highest BCUT2D eigenvalue weighted by molar-refractivity contribution is 7.80. The summed E-state index contributed by atoms with van der Waals surface area (Å²) >= 11 is 10.3. The van der Waals surface area contributed by atoms with Crippen molar-refractivity contribution >= 4 is 46.3 Å². The molecular weight excluding hydrogens is 256 g/mol. The minimum Gasteiger partial charge on any atom is -0.0880 e. The number of hydrogen-bond donors (Lipinski definition) is 0. The van der Waals surface area contributed by atoms with E-state index in [1.165, 1.54) is 0 Å². The Morgan fingerprint density at radius 3 is 1.22 bits per heavy atom. The fourth-order valence-electron chi connectivity index (χ4n) is 1.81. The summed E-state index contributed by atoms with van der Waals surface area (Å²) in [6.07, 6.45) is 0. The molecule has 0 N–H and O–H groups in total. The molecule has 2 aromatic rings. The molecule has 0 spiro atoms. The molecule has 2 rings (SSSR count). The van der Waals surface area contributed by atoms with Gasteiger partial charge >= 0.3 is 0 Å². The summed E-state index contributed by atoms with van der Waals surface area (Å²) in [5.74, 6) is 0. The van der Waals surface area contributed by atoms with Crippen LogP contribution < -0.4 is 0 Å². The Bertz CT molecular complexity index is 515. The highest BCUT2D eigenvalue weighted by Crippen LogP contribution is 2.24. The largest absolute Gasteiger partial charge is 0.0880 e. The third-order valence-corrected chi connectivity index (χ3v) is 3.17. The second-order valence-corrected chi connectivity index (χ2v) is 4.27. The van der Waals surface area contributed by atoms with Gasteiger partial charge in [-0.25, -0.2) is 0 Å². The Hall–Kier alpha value is -1.64. The quantitative estimate of drug-likeness (QED) is 0.451. The molecule has 0 saturated heterocycles. The van der Waals surface area contributed by atoms with Crippen LogP contribution >= 0.6 is 24.4 Å². The van der Waals surface area contributed by atoms with Gasteiger partial charge in [0.05, 0.1) is 0 Å². The van der Waals surface area contributed by atoms with E-state index in [0.717, 1.165) is 22.3 Å². The van der Waals surface area contributed by atoms with Crippen molar-refractivity contribution in [1.29, 1.82) is 0 Å². The SMILES string of the molecule is S=C/C(=C(\C=S)c1ccccc1)c1ccccc1. The molecule has 0 amide bonds. The van der Waals surface area contributed by atoms with Gasteiger partial charge in [-0.05, 0) is 11.1 Å². The predicted octanol–water partition coefficient (Wildman–Crippen LogP) is 4.60. The summed E-state index contributed by atoms with van der Waals surface area (Å²) in [6.45, 7) is 0. The Morgan fingerprint density at radius 1 is 0.611 bits per heavy atom. The van der Waals surface area contributed by atoms with Gasteiger partial charge in [-0.3, -0.25) is 0 Å². The van der Waals surface area contributed by atoms with Crippen LogP contribution in [0.25, 0.3) is 11.1 Å². The predicted molar refractivity (Wildman–Crippen MR) is 87.0 cm³/mol. The van der Waals surface area contributed by atoms with Gasteiger partial charge in [0, 0.05) is 21.9 Å². The smallest absolute Gasteiger partial charge is 0.00986 e. The van der Waals surface area contributed by atoms with Crippen molar-refractivity contribution < 1.29 is 0 Å². The van der Waals surface area contributed by atoms with Crippen LogP contribution in [0.3, 0.4) is 0 Å². The van der Waals surface area contributed by atoms with Crippen LogP contribution in [0.5, 0.6) is 0 Å². The van der Waals surface area contributed by atoms with Crippen molar-refractivity contribution in [1.82, 2.24) is 0 Å². The molecule has 0 atom stereocenters. The Balaban J connectivity index is 2.61. The molecule has 0 aliphatic carbocycles. The molecule has 0 fully saturated rings. The van der Waals surface area contributed by atoms with Crippen molar-refractivity contribution in [3.05, 3.63) is 71.8 Å². The lowest BCUT2D eigenvalue weighted by Gasteiger charge is -2.08.